The molecule has 1 aromatic rings. The maximum atomic E-state index is 12.8. The Kier molecular flexibility index (Phi) is 5.44. The van der Waals surface area contributed by atoms with E-state index in [1.54, 1.807) is 7.11 Å². The molecule has 0 N–H and O–H groups in total. The first-order valence-corrected chi connectivity index (χ1v) is 10.2. The third-order valence-corrected chi connectivity index (χ3v) is 6.32. The second-order valence-electron chi connectivity index (χ2n) is 8.28. The Hall–Kier alpha value is -1.62. The molecule has 4 rings (SSSR count). The number of allylic oxidation sites excluding steroid dienone is 2. The van der Waals surface area contributed by atoms with Gasteiger partial charge in [0.25, 0.3) is 0 Å². The van der Waals surface area contributed by atoms with Crippen molar-refractivity contribution in [3.05, 3.63) is 29.6 Å². The zero-order valence-electron chi connectivity index (χ0n) is 15.9. The summed E-state index contributed by atoms with van der Waals surface area (Å²) < 4.78 is 7.72. The highest BCUT2D eigenvalue weighted by molar-refractivity contribution is 5.77. The molecule has 5 heteroatoms. The molecule has 1 saturated carbocycles. The van der Waals surface area contributed by atoms with Gasteiger partial charge in [0, 0.05) is 44.6 Å². The molecule has 5 nitrogen and oxygen atoms in total. The van der Waals surface area contributed by atoms with E-state index in [9.17, 15) is 4.79 Å². The molecule has 0 unspecified atom stereocenters. The molecule has 2 atom stereocenters. The Morgan fingerprint density at radius 3 is 2.88 bits per heavy atom. The molecule has 1 amide bonds. The summed E-state index contributed by atoms with van der Waals surface area (Å²) in [5.74, 6) is 1.69. The standard InChI is InChI=1S/C21H31N3O2/c1-26-15-19-14-23(20(25)10-16-6-2-3-7-16)13-18-11-22-24(21(18)19)12-17-8-4-5-9-17/h2,6,11,16-17,19H,3-5,7-10,12-15H2,1H3/t16-,19-/m0/s1. The Morgan fingerprint density at radius 2 is 2.15 bits per heavy atom. The van der Waals surface area contributed by atoms with Crippen LogP contribution in [0.15, 0.2) is 18.3 Å². The average Bonchev–Trinajstić information content (AvgIpc) is 3.38. The summed E-state index contributed by atoms with van der Waals surface area (Å²) in [4.78, 5) is 14.9. The number of nitrogens with zero attached hydrogens (tertiary/aromatic N) is 3. The van der Waals surface area contributed by atoms with E-state index in [4.69, 9.17) is 9.84 Å². The van der Waals surface area contributed by atoms with Crippen LogP contribution >= 0.6 is 0 Å². The first-order valence-electron chi connectivity index (χ1n) is 10.2. The van der Waals surface area contributed by atoms with E-state index in [1.807, 2.05) is 11.1 Å². The molecule has 1 aliphatic heterocycles. The molecular formula is C21H31N3O2. The number of aromatic nitrogens is 2. The zero-order valence-corrected chi connectivity index (χ0v) is 15.9. The summed E-state index contributed by atoms with van der Waals surface area (Å²) in [7, 11) is 1.75. The quantitative estimate of drug-likeness (QED) is 0.732. The van der Waals surface area contributed by atoms with Crippen LogP contribution in [0.25, 0.3) is 0 Å². The number of ether oxygens (including phenoxy) is 1. The van der Waals surface area contributed by atoms with Crippen LogP contribution in [0.3, 0.4) is 0 Å². The molecule has 1 fully saturated rings. The molecule has 0 radical (unpaired) electrons. The summed E-state index contributed by atoms with van der Waals surface area (Å²) in [6, 6.07) is 0. The Bertz CT molecular complexity index is 660. The van der Waals surface area contributed by atoms with Crippen molar-refractivity contribution >= 4 is 5.91 Å². The molecular weight excluding hydrogens is 326 g/mol. The summed E-state index contributed by atoms with van der Waals surface area (Å²) in [6.07, 6.45) is 14.6. The van der Waals surface area contributed by atoms with Gasteiger partial charge in [-0.15, -0.1) is 0 Å². The predicted molar refractivity (Wildman–Crippen MR) is 101 cm³/mol. The largest absolute Gasteiger partial charge is 0.384 e. The summed E-state index contributed by atoms with van der Waals surface area (Å²) in [6.45, 7) is 3.13. The highest BCUT2D eigenvalue weighted by Gasteiger charge is 2.33. The van der Waals surface area contributed by atoms with Gasteiger partial charge in [-0.2, -0.15) is 5.10 Å². The zero-order chi connectivity index (χ0) is 17.9. The van der Waals surface area contributed by atoms with Gasteiger partial charge in [-0.3, -0.25) is 9.48 Å². The summed E-state index contributed by atoms with van der Waals surface area (Å²) in [5, 5.41) is 4.70. The Labute approximate surface area is 156 Å². The number of hydrogen-bond donors (Lipinski definition) is 0. The number of fused-ring (bicyclic) bond motifs is 1. The normalized spacial score (nSPS) is 25.8. The van der Waals surface area contributed by atoms with Crippen molar-refractivity contribution in [2.45, 2.75) is 64.0 Å². The number of carbonyl (C=O) groups excluding carboxylic acids is 1. The van der Waals surface area contributed by atoms with Crippen LogP contribution < -0.4 is 0 Å². The molecule has 0 bridgehead atoms. The molecule has 1 aromatic heterocycles. The van der Waals surface area contributed by atoms with Crippen LogP contribution in [0.4, 0.5) is 0 Å². The van der Waals surface area contributed by atoms with Crippen molar-refractivity contribution in [2.75, 3.05) is 20.3 Å². The fourth-order valence-electron chi connectivity index (χ4n) is 4.98. The number of rotatable bonds is 6. The number of carbonyl (C=O) groups is 1. The SMILES string of the molecule is COC[C@@H]1CN(C(=O)C[C@H]2C=CCC2)Cc2cnn(CC3CCCC3)c21. The maximum Gasteiger partial charge on any atom is 0.223 e. The van der Waals surface area contributed by atoms with E-state index >= 15 is 0 Å². The van der Waals surface area contributed by atoms with Gasteiger partial charge in [0.05, 0.1) is 18.5 Å². The van der Waals surface area contributed by atoms with E-state index in [1.165, 1.54) is 36.9 Å². The number of methoxy groups -OCH3 is 1. The van der Waals surface area contributed by atoms with E-state index in [-0.39, 0.29) is 11.8 Å². The predicted octanol–water partition coefficient (Wildman–Crippen LogP) is 3.50. The summed E-state index contributed by atoms with van der Waals surface area (Å²) >= 11 is 0. The van der Waals surface area contributed by atoms with Gasteiger partial charge in [-0.25, -0.2) is 0 Å². The second-order valence-corrected chi connectivity index (χ2v) is 8.28. The Balaban J connectivity index is 1.48. The van der Waals surface area contributed by atoms with E-state index in [0.717, 1.165) is 31.8 Å². The second kappa shape index (κ2) is 7.95. The molecule has 2 heterocycles. The highest BCUT2D eigenvalue weighted by Crippen LogP contribution is 2.33. The third kappa shape index (κ3) is 3.73. The highest BCUT2D eigenvalue weighted by atomic mass is 16.5. The van der Waals surface area contributed by atoms with Crippen LogP contribution in [-0.2, 0) is 22.6 Å². The first-order chi connectivity index (χ1) is 12.7. The van der Waals surface area contributed by atoms with Gasteiger partial charge in [0.1, 0.15) is 0 Å². The van der Waals surface area contributed by atoms with Crippen LogP contribution in [0.1, 0.15) is 62.1 Å². The maximum absolute atomic E-state index is 12.8. The summed E-state index contributed by atoms with van der Waals surface area (Å²) in [5.41, 5.74) is 2.52. The van der Waals surface area contributed by atoms with Gasteiger partial charge in [-0.05, 0) is 37.5 Å². The first kappa shape index (κ1) is 17.8. The van der Waals surface area contributed by atoms with Crippen LogP contribution in [0.5, 0.6) is 0 Å². The molecule has 0 saturated heterocycles. The minimum atomic E-state index is 0.232. The van der Waals surface area contributed by atoms with Crippen LogP contribution in [0, 0.1) is 11.8 Å². The van der Waals surface area contributed by atoms with Crippen molar-refractivity contribution in [1.82, 2.24) is 14.7 Å². The van der Waals surface area contributed by atoms with Gasteiger partial charge in [0.2, 0.25) is 5.91 Å². The lowest BCUT2D eigenvalue weighted by Gasteiger charge is -2.34. The van der Waals surface area contributed by atoms with E-state index in [2.05, 4.69) is 16.8 Å². The minimum absolute atomic E-state index is 0.232. The van der Waals surface area contributed by atoms with Crippen molar-refractivity contribution in [1.29, 1.82) is 0 Å². The number of amides is 1. The minimum Gasteiger partial charge on any atom is -0.384 e. The monoisotopic (exact) mass is 357 g/mol. The molecule has 26 heavy (non-hydrogen) atoms. The van der Waals surface area contributed by atoms with Crippen molar-refractivity contribution < 1.29 is 9.53 Å². The molecule has 0 spiro atoms. The van der Waals surface area contributed by atoms with Crippen molar-refractivity contribution in [3.8, 4) is 0 Å². The van der Waals surface area contributed by atoms with E-state index < -0.39 is 0 Å². The van der Waals surface area contributed by atoms with Gasteiger partial charge in [0.15, 0.2) is 0 Å². The number of hydrogen-bond acceptors (Lipinski definition) is 3. The Morgan fingerprint density at radius 1 is 1.31 bits per heavy atom. The van der Waals surface area contributed by atoms with E-state index in [0.29, 0.717) is 25.5 Å². The fraction of sp³-hybridized carbons (Fsp3) is 0.714. The third-order valence-electron chi connectivity index (χ3n) is 6.32. The van der Waals surface area contributed by atoms with Gasteiger partial charge in [-0.1, -0.05) is 25.0 Å². The average molecular weight is 357 g/mol. The molecule has 2 aliphatic carbocycles. The molecule has 142 valence electrons. The van der Waals surface area contributed by atoms with Crippen LogP contribution in [0.2, 0.25) is 0 Å². The fourth-order valence-corrected chi connectivity index (χ4v) is 4.98. The lowest BCUT2D eigenvalue weighted by atomic mass is 9.95. The van der Waals surface area contributed by atoms with Crippen molar-refractivity contribution in [2.24, 2.45) is 11.8 Å². The lowest BCUT2D eigenvalue weighted by Crippen LogP contribution is -2.40. The molecule has 3 aliphatic rings. The van der Waals surface area contributed by atoms with Crippen LogP contribution in [-0.4, -0.2) is 40.8 Å². The van der Waals surface area contributed by atoms with Gasteiger partial charge < -0.3 is 9.64 Å². The topological polar surface area (TPSA) is 47.4 Å². The molecule has 0 aromatic carbocycles. The smallest absolute Gasteiger partial charge is 0.223 e. The van der Waals surface area contributed by atoms with Gasteiger partial charge >= 0.3 is 0 Å². The lowest BCUT2D eigenvalue weighted by molar-refractivity contribution is -0.133. The van der Waals surface area contributed by atoms with Crippen molar-refractivity contribution in [3.63, 3.8) is 0 Å².